The highest BCUT2D eigenvalue weighted by atomic mass is 32.1. The van der Waals surface area contributed by atoms with Gasteiger partial charge in [0.2, 0.25) is 0 Å². The van der Waals surface area contributed by atoms with E-state index in [1.165, 1.54) is 17.4 Å². The maximum atomic E-state index is 14.5. The van der Waals surface area contributed by atoms with Gasteiger partial charge in [0.15, 0.2) is 5.01 Å². The Bertz CT molecular complexity index is 912. The second kappa shape index (κ2) is 7.67. The van der Waals surface area contributed by atoms with Crippen molar-refractivity contribution in [2.24, 2.45) is 11.7 Å². The molecule has 27 heavy (non-hydrogen) atoms. The molecule has 1 saturated heterocycles. The summed E-state index contributed by atoms with van der Waals surface area (Å²) in [4.78, 5) is 18.8. The molecule has 1 aromatic carbocycles. The highest BCUT2D eigenvalue weighted by Crippen LogP contribution is 2.32. The zero-order chi connectivity index (χ0) is 18.8. The van der Waals surface area contributed by atoms with Gasteiger partial charge in [0, 0.05) is 30.4 Å². The molecule has 1 aliphatic carbocycles. The van der Waals surface area contributed by atoms with Crippen LogP contribution in [-0.4, -0.2) is 30.0 Å². The molecule has 0 bridgehead atoms. The molecule has 2 aromatic rings. The number of hydrogen-bond donors (Lipinski definition) is 2. The minimum atomic E-state index is -0.365. The van der Waals surface area contributed by atoms with Gasteiger partial charge in [-0.3, -0.25) is 4.79 Å². The van der Waals surface area contributed by atoms with Gasteiger partial charge in [-0.2, -0.15) is 0 Å². The predicted molar refractivity (Wildman–Crippen MR) is 105 cm³/mol. The molecule has 1 saturated carbocycles. The number of aromatic nitrogens is 1. The lowest BCUT2D eigenvalue weighted by Gasteiger charge is -2.34. The van der Waals surface area contributed by atoms with Crippen molar-refractivity contribution in [1.29, 1.82) is 0 Å². The van der Waals surface area contributed by atoms with Crippen molar-refractivity contribution in [2.45, 2.75) is 31.7 Å². The number of halogens is 1. The lowest BCUT2D eigenvalue weighted by Crippen LogP contribution is -2.43. The van der Waals surface area contributed by atoms with Crippen LogP contribution >= 0.6 is 11.3 Å². The molecule has 0 spiro atoms. The van der Waals surface area contributed by atoms with E-state index in [-0.39, 0.29) is 17.8 Å². The number of thiazole rings is 1. The molecule has 140 valence electrons. The maximum Gasteiger partial charge on any atom is 0.275 e. The van der Waals surface area contributed by atoms with E-state index in [1.54, 1.807) is 17.5 Å². The van der Waals surface area contributed by atoms with Gasteiger partial charge in [0.25, 0.3) is 5.91 Å². The third-order valence-corrected chi connectivity index (χ3v) is 5.46. The fourth-order valence-electron chi connectivity index (χ4n) is 3.16. The van der Waals surface area contributed by atoms with Gasteiger partial charge in [0.1, 0.15) is 11.5 Å². The van der Waals surface area contributed by atoms with E-state index in [1.807, 2.05) is 4.90 Å². The second-order valence-electron chi connectivity index (χ2n) is 7.02. The van der Waals surface area contributed by atoms with Gasteiger partial charge in [-0.1, -0.05) is 12.0 Å². The zero-order valence-electron chi connectivity index (χ0n) is 14.9. The number of carbonyl (C=O) groups is 1. The molecule has 1 amide bonds. The minimum Gasteiger partial charge on any atom is -0.366 e. The Kier molecular flexibility index (Phi) is 5.10. The average molecular weight is 384 g/mol. The molecule has 0 radical (unpaired) electrons. The molecule has 5 nitrogen and oxygen atoms in total. The maximum absolute atomic E-state index is 14.5. The van der Waals surface area contributed by atoms with Gasteiger partial charge >= 0.3 is 0 Å². The Hall–Kier alpha value is -2.43. The smallest absolute Gasteiger partial charge is 0.275 e. The molecule has 3 N–H and O–H groups in total. The van der Waals surface area contributed by atoms with Crippen molar-refractivity contribution in [3.05, 3.63) is 40.1 Å². The lowest BCUT2D eigenvalue weighted by atomic mass is 10.1. The third kappa shape index (κ3) is 4.29. The van der Waals surface area contributed by atoms with Crippen LogP contribution in [0.25, 0.3) is 0 Å². The molecular weight excluding hydrogens is 363 g/mol. The summed E-state index contributed by atoms with van der Waals surface area (Å²) >= 11 is 1.35. The molecular formula is C20H21FN4OS. The summed E-state index contributed by atoms with van der Waals surface area (Å²) in [6, 6.07) is 4.70. The van der Waals surface area contributed by atoms with Gasteiger partial charge in [-0.05, 0) is 43.7 Å². The summed E-state index contributed by atoms with van der Waals surface area (Å²) < 4.78 is 14.5. The molecule has 4 rings (SSSR count). The van der Waals surface area contributed by atoms with Crippen LogP contribution < -0.4 is 16.0 Å². The molecule has 1 aromatic heterocycles. The van der Waals surface area contributed by atoms with Crippen LogP contribution in [-0.2, 0) is 0 Å². The van der Waals surface area contributed by atoms with E-state index in [2.05, 4.69) is 22.1 Å². The lowest BCUT2D eigenvalue weighted by molar-refractivity contribution is 0.102. The Labute approximate surface area is 161 Å². The van der Waals surface area contributed by atoms with Crippen LogP contribution in [0.5, 0.6) is 0 Å². The summed E-state index contributed by atoms with van der Waals surface area (Å²) in [5, 5.41) is 5.12. The van der Waals surface area contributed by atoms with Gasteiger partial charge in [-0.25, -0.2) is 9.37 Å². The largest absolute Gasteiger partial charge is 0.366 e. The number of piperidine rings is 1. The van der Waals surface area contributed by atoms with Crippen LogP contribution in [0.15, 0.2) is 23.6 Å². The Balaban J connectivity index is 1.53. The summed E-state index contributed by atoms with van der Waals surface area (Å²) in [6.45, 7) is 1.29. The van der Waals surface area contributed by atoms with Crippen LogP contribution in [0.1, 0.15) is 41.2 Å². The fourth-order valence-corrected chi connectivity index (χ4v) is 3.82. The van der Waals surface area contributed by atoms with E-state index < -0.39 is 0 Å². The van der Waals surface area contributed by atoms with Gasteiger partial charge < -0.3 is 16.0 Å². The van der Waals surface area contributed by atoms with Crippen molar-refractivity contribution in [3.8, 4) is 11.8 Å². The Morgan fingerprint density at radius 3 is 3.00 bits per heavy atom. The van der Waals surface area contributed by atoms with Crippen molar-refractivity contribution in [1.82, 2.24) is 4.98 Å². The van der Waals surface area contributed by atoms with E-state index >= 15 is 0 Å². The topological polar surface area (TPSA) is 71.2 Å². The highest BCUT2D eigenvalue weighted by Gasteiger charge is 2.23. The first-order valence-electron chi connectivity index (χ1n) is 9.17. The van der Waals surface area contributed by atoms with E-state index in [0.717, 1.165) is 32.2 Å². The molecule has 2 heterocycles. The van der Waals surface area contributed by atoms with Crippen molar-refractivity contribution in [2.75, 3.05) is 23.3 Å². The van der Waals surface area contributed by atoms with Gasteiger partial charge in [-0.15, -0.1) is 11.3 Å². The van der Waals surface area contributed by atoms with E-state index in [9.17, 15) is 9.18 Å². The summed E-state index contributed by atoms with van der Waals surface area (Å²) in [7, 11) is 0. The number of benzene rings is 1. The zero-order valence-corrected chi connectivity index (χ0v) is 15.7. The first-order chi connectivity index (χ1) is 13.1. The summed E-state index contributed by atoms with van der Waals surface area (Å²) in [5.74, 6) is 5.91. The molecule has 1 unspecified atom stereocenters. The van der Waals surface area contributed by atoms with Crippen molar-refractivity contribution in [3.63, 3.8) is 0 Å². The second-order valence-corrected chi connectivity index (χ2v) is 7.88. The number of anilines is 2. The first kappa shape index (κ1) is 18.0. The number of rotatable bonds is 3. The van der Waals surface area contributed by atoms with Crippen molar-refractivity contribution >= 4 is 28.6 Å². The highest BCUT2D eigenvalue weighted by molar-refractivity contribution is 7.10. The first-order valence-corrected chi connectivity index (χ1v) is 10.1. The monoisotopic (exact) mass is 384 g/mol. The van der Waals surface area contributed by atoms with Crippen LogP contribution in [0.3, 0.4) is 0 Å². The van der Waals surface area contributed by atoms with Gasteiger partial charge in [0.05, 0.1) is 11.4 Å². The number of hydrogen-bond acceptors (Lipinski definition) is 5. The number of carbonyl (C=O) groups excluding carboxylic acids is 1. The Morgan fingerprint density at radius 1 is 1.37 bits per heavy atom. The quantitative estimate of drug-likeness (QED) is 0.797. The molecule has 1 atom stereocenters. The van der Waals surface area contributed by atoms with E-state index in [4.69, 9.17) is 5.73 Å². The predicted octanol–water partition coefficient (Wildman–Crippen LogP) is 3.22. The molecule has 7 heteroatoms. The number of nitrogens with one attached hydrogen (secondary N) is 1. The molecule has 2 fully saturated rings. The number of nitrogens with zero attached hydrogens (tertiary/aromatic N) is 2. The SMILES string of the molecule is NC1CCCN(c2c(F)cccc2NC(=O)c2csc(C#CC3CC3)n2)C1. The average Bonchev–Trinajstić information content (AvgIpc) is 3.35. The molecule has 1 aliphatic heterocycles. The van der Waals surface area contributed by atoms with E-state index in [0.29, 0.717) is 34.5 Å². The number of amides is 1. The third-order valence-electron chi connectivity index (χ3n) is 4.71. The summed E-state index contributed by atoms with van der Waals surface area (Å²) in [5.41, 5.74) is 7.17. The minimum absolute atomic E-state index is 0.00745. The molecule has 2 aliphatic rings. The fraction of sp³-hybridized carbons (Fsp3) is 0.400. The Morgan fingerprint density at radius 2 is 2.22 bits per heavy atom. The number of nitrogens with two attached hydrogens (primary N) is 1. The van der Waals surface area contributed by atoms with Crippen molar-refractivity contribution < 1.29 is 9.18 Å². The van der Waals surface area contributed by atoms with Crippen LogP contribution in [0.4, 0.5) is 15.8 Å². The van der Waals surface area contributed by atoms with Crippen LogP contribution in [0, 0.1) is 23.6 Å². The summed E-state index contributed by atoms with van der Waals surface area (Å²) in [6.07, 6.45) is 4.12. The number of para-hydroxylation sites is 1. The van der Waals surface area contributed by atoms with Crippen LogP contribution in [0.2, 0.25) is 0 Å². The standard InChI is InChI=1S/C20H21FN4OS/c21-15-4-1-5-16(19(15)25-10-2-3-14(22)11-25)24-20(26)17-12-27-18(23-17)9-8-13-6-7-13/h1,4-5,12-14H,2-3,6-7,10-11,22H2,(H,24,26). The normalized spacial score (nSPS) is 19.3.